The summed E-state index contributed by atoms with van der Waals surface area (Å²) in [5.74, 6) is -0.309. The van der Waals surface area contributed by atoms with E-state index in [0.717, 1.165) is 22.4 Å². The lowest BCUT2D eigenvalue weighted by atomic mass is 9.94. The average Bonchev–Trinajstić information content (AvgIpc) is 3.13. The predicted octanol–water partition coefficient (Wildman–Crippen LogP) is 4.24. The summed E-state index contributed by atoms with van der Waals surface area (Å²) in [6.07, 6.45) is 0. The third-order valence-corrected chi connectivity index (χ3v) is 5.37. The monoisotopic (exact) mass is 362 g/mol. The fourth-order valence-electron chi connectivity index (χ4n) is 3.35. The van der Waals surface area contributed by atoms with E-state index in [4.69, 9.17) is 0 Å². The van der Waals surface area contributed by atoms with Gasteiger partial charge in [-0.3, -0.25) is 9.59 Å². The minimum Gasteiger partial charge on any atom is -0.324 e. The average molecular weight is 362 g/mol. The number of benzene rings is 2. The number of aryl methyl sites for hydroxylation is 1. The minimum absolute atomic E-state index is 0.0179. The van der Waals surface area contributed by atoms with Crippen LogP contribution in [0.15, 0.2) is 66.0 Å². The first-order chi connectivity index (χ1) is 12.6. The van der Waals surface area contributed by atoms with Crippen LogP contribution in [-0.4, -0.2) is 23.3 Å². The van der Waals surface area contributed by atoms with Gasteiger partial charge in [-0.25, -0.2) is 0 Å². The highest BCUT2D eigenvalue weighted by Gasteiger charge is 2.34. The Balaban J connectivity index is 1.90. The fourth-order valence-corrected chi connectivity index (χ4v) is 4.03. The second-order valence-corrected chi connectivity index (χ2v) is 7.31. The van der Waals surface area contributed by atoms with Gasteiger partial charge in [0, 0.05) is 11.3 Å². The summed E-state index contributed by atoms with van der Waals surface area (Å²) in [6, 6.07) is 19.1. The number of thiophene rings is 1. The molecule has 2 aromatic carbocycles. The zero-order valence-electron chi connectivity index (χ0n) is 14.3. The lowest BCUT2D eigenvalue weighted by Crippen LogP contribution is -2.38. The number of hydrogen-bond donors (Lipinski definition) is 1. The second kappa shape index (κ2) is 6.77. The highest BCUT2D eigenvalue weighted by Crippen LogP contribution is 2.37. The molecule has 0 saturated heterocycles. The normalized spacial score (nSPS) is 16.6. The van der Waals surface area contributed by atoms with Gasteiger partial charge in [0.2, 0.25) is 5.91 Å². The Labute approximate surface area is 156 Å². The van der Waals surface area contributed by atoms with Crippen molar-refractivity contribution in [1.82, 2.24) is 4.90 Å². The number of carbonyl (C=O) groups is 2. The summed E-state index contributed by atoms with van der Waals surface area (Å²) in [5, 5.41) is 4.83. The van der Waals surface area contributed by atoms with Gasteiger partial charge in [-0.15, -0.1) is 11.3 Å². The first-order valence-electron chi connectivity index (χ1n) is 8.43. The molecule has 0 saturated carbocycles. The van der Waals surface area contributed by atoms with E-state index in [1.165, 1.54) is 11.3 Å². The number of amides is 2. The number of carbonyl (C=O) groups excluding carboxylic acids is 2. The smallest absolute Gasteiger partial charge is 0.265 e. The summed E-state index contributed by atoms with van der Waals surface area (Å²) < 4.78 is 0. The van der Waals surface area contributed by atoms with Gasteiger partial charge in [0.1, 0.15) is 6.54 Å². The standard InChI is InChI=1S/C21H18N2O2S/c1-14-9-10-17-16(12-14)20(15-6-3-2-4-7-15)23(13-19(24)22-17)21(25)18-8-5-11-26-18/h2-12,20H,13H2,1H3,(H,22,24). The van der Waals surface area contributed by atoms with Crippen LogP contribution in [0.3, 0.4) is 0 Å². The second-order valence-electron chi connectivity index (χ2n) is 6.36. The number of rotatable bonds is 2. The molecule has 0 fully saturated rings. The molecule has 26 heavy (non-hydrogen) atoms. The third kappa shape index (κ3) is 3.02. The molecule has 4 rings (SSSR count). The van der Waals surface area contributed by atoms with E-state index in [-0.39, 0.29) is 24.4 Å². The Morgan fingerprint density at radius 3 is 2.65 bits per heavy atom. The molecule has 1 aromatic heterocycles. The molecule has 4 nitrogen and oxygen atoms in total. The number of anilines is 1. The van der Waals surface area contributed by atoms with E-state index in [1.807, 2.05) is 66.9 Å². The van der Waals surface area contributed by atoms with Crippen LogP contribution in [0.1, 0.15) is 32.4 Å². The zero-order valence-corrected chi connectivity index (χ0v) is 15.1. The SMILES string of the molecule is Cc1ccc2c(c1)C(c1ccccc1)N(C(=O)c1cccs1)CC(=O)N2. The largest absolute Gasteiger partial charge is 0.324 e. The number of hydrogen-bond acceptors (Lipinski definition) is 3. The van der Waals surface area contributed by atoms with Crippen LogP contribution < -0.4 is 5.32 Å². The van der Waals surface area contributed by atoms with Crippen LogP contribution >= 0.6 is 11.3 Å². The third-order valence-electron chi connectivity index (χ3n) is 4.51. The summed E-state index contributed by atoms with van der Waals surface area (Å²) in [5.41, 5.74) is 3.77. The lowest BCUT2D eigenvalue weighted by molar-refractivity contribution is -0.117. The predicted molar refractivity (Wildman–Crippen MR) is 103 cm³/mol. The van der Waals surface area contributed by atoms with E-state index < -0.39 is 0 Å². The Morgan fingerprint density at radius 1 is 1.12 bits per heavy atom. The van der Waals surface area contributed by atoms with E-state index in [2.05, 4.69) is 5.32 Å². The Kier molecular flexibility index (Phi) is 4.31. The van der Waals surface area contributed by atoms with Crippen LogP contribution in [0, 0.1) is 6.92 Å². The van der Waals surface area contributed by atoms with Crippen molar-refractivity contribution >= 4 is 28.8 Å². The van der Waals surface area contributed by atoms with Crippen molar-refractivity contribution in [2.24, 2.45) is 0 Å². The summed E-state index contributed by atoms with van der Waals surface area (Å²) in [4.78, 5) is 28.0. The van der Waals surface area contributed by atoms with E-state index in [1.54, 1.807) is 11.0 Å². The van der Waals surface area contributed by atoms with Gasteiger partial charge in [-0.05, 0) is 30.0 Å². The molecule has 1 atom stereocenters. The highest BCUT2D eigenvalue weighted by atomic mass is 32.1. The molecule has 0 bridgehead atoms. The molecule has 1 aliphatic heterocycles. The molecule has 0 aliphatic carbocycles. The van der Waals surface area contributed by atoms with E-state index in [9.17, 15) is 9.59 Å². The van der Waals surface area contributed by atoms with Gasteiger partial charge < -0.3 is 10.2 Å². The maximum Gasteiger partial charge on any atom is 0.265 e. The van der Waals surface area contributed by atoms with Gasteiger partial charge in [-0.1, -0.05) is 54.1 Å². The number of nitrogens with one attached hydrogen (secondary N) is 1. The Hall–Kier alpha value is -2.92. The van der Waals surface area contributed by atoms with Gasteiger partial charge in [0.15, 0.2) is 0 Å². The molecule has 0 radical (unpaired) electrons. The molecule has 3 aromatic rings. The maximum atomic E-state index is 13.2. The molecule has 130 valence electrons. The molecule has 5 heteroatoms. The van der Waals surface area contributed by atoms with Gasteiger partial charge in [0.05, 0.1) is 10.9 Å². The lowest BCUT2D eigenvalue weighted by Gasteiger charge is -2.30. The molecule has 1 N–H and O–H groups in total. The first kappa shape index (κ1) is 16.5. The number of nitrogens with zero attached hydrogens (tertiary/aromatic N) is 1. The molecule has 1 aliphatic rings. The summed E-state index contributed by atoms with van der Waals surface area (Å²) in [6.45, 7) is 2.03. The quantitative estimate of drug-likeness (QED) is 0.741. The van der Waals surface area contributed by atoms with Gasteiger partial charge in [0.25, 0.3) is 5.91 Å². The van der Waals surface area contributed by atoms with Crippen LogP contribution in [-0.2, 0) is 4.79 Å². The molecule has 1 unspecified atom stereocenters. The van der Waals surface area contributed by atoms with Crippen molar-refractivity contribution in [2.45, 2.75) is 13.0 Å². The van der Waals surface area contributed by atoms with Crippen molar-refractivity contribution < 1.29 is 9.59 Å². The van der Waals surface area contributed by atoms with Crippen LogP contribution in [0.4, 0.5) is 5.69 Å². The van der Waals surface area contributed by atoms with Crippen molar-refractivity contribution in [1.29, 1.82) is 0 Å². The topological polar surface area (TPSA) is 49.4 Å². The minimum atomic E-state index is -0.320. The van der Waals surface area contributed by atoms with Crippen molar-refractivity contribution in [3.63, 3.8) is 0 Å². The van der Waals surface area contributed by atoms with Crippen LogP contribution in [0.25, 0.3) is 0 Å². The Bertz CT molecular complexity index is 951. The van der Waals surface area contributed by atoms with Crippen LogP contribution in [0.2, 0.25) is 0 Å². The number of fused-ring (bicyclic) bond motifs is 1. The van der Waals surface area contributed by atoms with Crippen LogP contribution in [0.5, 0.6) is 0 Å². The summed E-state index contributed by atoms with van der Waals surface area (Å²) in [7, 11) is 0. The highest BCUT2D eigenvalue weighted by molar-refractivity contribution is 7.12. The van der Waals surface area contributed by atoms with E-state index >= 15 is 0 Å². The molecule has 0 spiro atoms. The van der Waals surface area contributed by atoms with Gasteiger partial charge in [-0.2, -0.15) is 0 Å². The van der Waals surface area contributed by atoms with Crippen molar-refractivity contribution in [3.8, 4) is 0 Å². The van der Waals surface area contributed by atoms with Crippen molar-refractivity contribution in [3.05, 3.63) is 87.6 Å². The molecule has 2 heterocycles. The van der Waals surface area contributed by atoms with Gasteiger partial charge >= 0.3 is 0 Å². The van der Waals surface area contributed by atoms with E-state index in [0.29, 0.717) is 4.88 Å². The maximum absolute atomic E-state index is 13.2. The molecular weight excluding hydrogens is 344 g/mol. The molecule has 2 amide bonds. The Morgan fingerprint density at radius 2 is 1.92 bits per heavy atom. The molecular formula is C21H18N2O2S. The van der Waals surface area contributed by atoms with Crippen molar-refractivity contribution in [2.75, 3.05) is 11.9 Å². The fraction of sp³-hybridized carbons (Fsp3) is 0.143. The first-order valence-corrected chi connectivity index (χ1v) is 9.31. The summed E-state index contributed by atoms with van der Waals surface area (Å²) >= 11 is 1.39. The zero-order chi connectivity index (χ0) is 18.1.